The number of carbonyl (C=O) groups is 2. The number of nitrogens with zero attached hydrogens (tertiary/aromatic N) is 1. The first-order chi connectivity index (χ1) is 17.0. The van der Waals surface area contributed by atoms with Gasteiger partial charge in [0.15, 0.2) is 0 Å². The van der Waals surface area contributed by atoms with Crippen LogP contribution in [0.5, 0.6) is 0 Å². The summed E-state index contributed by atoms with van der Waals surface area (Å²) < 4.78 is 4.83. The van der Waals surface area contributed by atoms with Crippen molar-refractivity contribution in [3.05, 3.63) is 70.8 Å². The monoisotopic (exact) mass is 494 g/mol. The van der Waals surface area contributed by atoms with Gasteiger partial charge >= 0.3 is 5.97 Å². The van der Waals surface area contributed by atoms with Gasteiger partial charge in [0.05, 0.1) is 12.7 Å². The summed E-state index contributed by atoms with van der Waals surface area (Å²) in [5, 5.41) is 5.56. The van der Waals surface area contributed by atoms with Crippen molar-refractivity contribution in [3.8, 4) is 0 Å². The molecule has 0 aliphatic carbocycles. The number of hydrogen-bond acceptors (Lipinski definition) is 5. The Kier molecular flexibility index (Phi) is 8.63. The Bertz CT molecular complexity index is 1070. The Balaban J connectivity index is 1.86. The molecule has 0 aromatic heterocycles. The van der Waals surface area contributed by atoms with E-state index in [4.69, 9.17) is 9.57 Å². The van der Waals surface area contributed by atoms with Gasteiger partial charge in [0, 0.05) is 22.7 Å². The van der Waals surface area contributed by atoms with E-state index in [9.17, 15) is 9.59 Å². The van der Waals surface area contributed by atoms with Gasteiger partial charge in [-0.1, -0.05) is 51.1 Å². The van der Waals surface area contributed by atoms with Gasteiger partial charge in [-0.15, -0.1) is 0 Å². The number of benzene rings is 2. The van der Waals surface area contributed by atoms with E-state index in [1.807, 2.05) is 25.1 Å². The van der Waals surface area contributed by atoms with Gasteiger partial charge in [-0.2, -0.15) is 5.06 Å². The van der Waals surface area contributed by atoms with Gasteiger partial charge < -0.3 is 10.1 Å². The maximum atomic E-state index is 13.3. The normalized spacial score (nSPS) is 27.3. The Hall–Kier alpha value is -2.70. The lowest BCUT2D eigenvalue weighted by atomic mass is 9.68. The van der Waals surface area contributed by atoms with Crippen LogP contribution in [0.25, 0.3) is 0 Å². The molecular formula is C30H42N2O4. The molecular weight excluding hydrogens is 452 g/mol. The molecule has 1 aliphatic rings. The van der Waals surface area contributed by atoms with Crippen LogP contribution in [0, 0.1) is 12.8 Å². The van der Waals surface area contributed by atoms with E-state index in [0.717, 1.165) is 30.4 Å². The number of hydrogen-bond donors (Lipinski definition) is 1. The molecule has 0 saturated carbocycles. The second-order valence-electron chi connectivity index (χ2n) is 10.6. The zero-order valence-electron chi connectivity index (χ0n) is 23.1. The molecule has 36 heavy (non-hydrogen) atoms. The Morgan fingerprint density at radius 1 is 1.11 bits per heavy atom. The second-order valence-corrected chi connectivity index (χ2v) is 10.6. The Morgan fingerprint density at radius 2 is 1.78 bits per heavy atom. The lowest BCUT2D eigenvalue weighted by Crippen LogP contribution is -2.70. The number of rotatable bonds is 8. The standard InChI is InChI=1S/C30H42N2O4/c1-9-29(6)19-26(31-27(33)24-16-17-25(20(3)18-24)28(34)35-8)21(4)30(7,10-2)32(29)36-22(5)23-14-12-11-13-15-23/h11-18,21-22,26H,9-10,19H2,1-8H3,(H,31,33). The summed E-state index contributed by atoms with van der Waals surface area (Å²) in [5.74, 6) is -0.387. The molecule has 196 valence electrons. The highest BCUT2D eigenvalue weighted by molar-refractivity contribution is 5.97. The van der Waals surface area contributed by atoms with Crippen LogP contribution in [0.1, 0.15) is 98.8 Å². The fraction of sp³-hybridized carbons (Fsp3) is 0.533. The number of carbonyl (C=O) groups excluding carboxylic acids is 2. The molecule has 6 nitrogen and oxygen atoms in total. The maximum absolute atomic E-state index is 13.3. The van der Waals surface area contributed by atoms with Gasteiger partial charge in [-0.25, -0.2) is 4.79 Å². The van der Waals surface area contributed by atoms with Gasteiger partial charge in [0.2, 0.25) is 0 Å². The molecule has 1 fully saturated rings. The fourth-order valence-electron chi connectivity index (χ4n) is 5.48. The molecule has 1 amide bonds. The van der Waals surface area contributed by atoms with Crippen LogP contribution in [0.4, 0.5) is 0 Å². The van der Waals surface area contributed by atoms with Crippen LogP contribution in [-0.2, 0) is 9.57 Å². The van der Waals surface area contributed by atoms with Crippen LogP contribution >= 0.6 is 0 Å². The maximum Gasteiger partial charge on any atom is 0.338 e. The van der Waals surface area contributed by atoms with Crippen molar-refractivity contribution in [2.24, 2.45) is 5.92 Å². The minimum Gasteiger partial charge on any atom is -0.465 e. The molecule has 3 rings (SSSR count). The van der Waals surface area contributed by atoms with Crippen LogP contribution in [0.15, 0.2) is 48.5 Å². The largest absolute Gasteiger partial charge is 0.465 e. The molecule has 1 heterocycles. The molecule has 1 N–H and O–H groups in total. The van der Waals surface area contributed by atoms with Gasteiger partial charge in [-0.3, -0.25) is 9.63 Å². The van der Waals surface area contributed by atoms with Crippen molar-refractivity contribution in [2.75, 3.05) is 7.11 Å². The predicted octanol–water partition coefficient (Wildman–Crippen LogP) is 6.25. The number of piperidine rings is 1. The molecule has 0 bridgehead atoms. The number of amides is 1. The Morgan fingerprint density at radius 3 is 2.33 bits per heavy atom. The van der Waals surface area contributed by atoms with E-state index in [1.165, 1.54) is 7.11 Å². The first-order valence-corrected chi connectivity index (χ1v) is 13.0. The highest BCUT2D eigenvalue weighted by atomic mass is 16.7. The molecule has 5 atom stereocenters. The molecule has 0 radical (unpaired) electrons. The summed E-state index contributed by atoms with van der Waals surface area (Å²) in [4.78, 5) is 32.0. The topological polar surface area (TPSA) is 67.9 Å². The third kappa shape index (κ3) is 5.35. The molecule has 0 spiro atoms. The van der Waals surface area contributed by atoms with E-state index in [0.29, 0.717) is 11.1 Å². The van der Waals surface area contributed by atoms with Crippen molar-refractivity contribution >= 4 is 11.9 Å². The predicted molar refractivity (Wildman–Crippen MR) is 143 cm³/mol. The van der Waals surface area contributed by atoms with Crippen molar-refractivity contribution in [1.82, 2.24) is 10.4 Å². The Labute approximate surface area is 216 Å². The SMILES string of the molecule is CCC1(C)CC(NC(=O)c2ccc(C(=O)OC)c(C)c2)C(C)C(C)(CC)N1OC(C)c1ccccc1. The van der Waals surface area contributed by atoms with Crippen LogP contribution in [0.2, 0.25) is 0 Å². The molecule has 5 unspecified atom stereocenters. The van der Waals surface area contributed by atoms with E-state index in [1.54, 1.807) is 18.2 Å². The molecule has 2 aromatic carbocycles. The quantitative estimate of drug-likeness (QED) is 0.439. The zero-order chi connectivity index (χ0) is 26.7. The molecule has 1 saturated heterocycles. The van der Waals surface area contributed by atoms with Crippen LogP contribution in [-0.4, -0.2) is 41.2 Å². The van der Waals surface area contributed by atoms with Crippen molar-refractivity contribution in [2.45, 2.75) is 91.0 Å². The van der Waals surface area contributed by atoms with E-state index >= 15 is 0 Å². The van der Waals surface area contributed by atoms with Crippen molar-refractivity contribution in [3.63, 3.8) is 0 Å². The van der Waals surface area contributed by atoms with Crippen molar-refractivity contribution < 1.29 is 19.2 Å². The zero-order valence-corrected chi connectivity index (χ0v) is 23.1. The number of methoxy groups -OCH3 is 1. The van der Waals surface area contributed by atoms with E-state index in [-0.39, 0.29) is 35.0 Å². The highest BCUT2D eigenvalue weighted by Gasteiger charge is 2.54. The average molecular weight is 495 g/mol. The van der Waals surface area contributed by atoms with Gasteiger partial charge in [0.25, 0.3) is 5.91 Å². The second kappa shape index (κ2) is 11.1. The highest BCUT2D eigenvalue weighted by Crippen LogP contribution is 2.47. The van der Waals surface area contributed by atoms with Gasteiger partial charge in [0.1, 0.15) is 6.10 Å². The molecule has 6 heteroatoms. The number of hydroxylamine groups is 2. The lowest BCUT2D eigenvalue weighted by Gasteiger charge is -2.60. The van der Waals surface area contributed by atoms with Crippen LogP contribution < -0.4 is 5.32 Å². The molecule has 1 aliphatic heterocycles. The average Bonchev–Trinajstić information content (AvgIpc) is 2.89. The summed E-state index contributed by atoms with van der Waals surface area (Å²) in [7, 11) is 1.36. The summed E-state index contributed by atoms with van der Waals surface area (Å²) in [6.45, 7) is 15.0. The first kappa shape index (κ1) is 27.9. The third-order valence-corrected chi connectivity index (χ3v) is 8.42. The molecule has 2 aromatic rings. The fourth-order valence-corrected chi connectivity index (χ4v) is 5.48. The van der Waals surface area contributed by atoms with Gasteiger partial charge in [-0.05, 0) is 82.2 Å². The van der Waals surface area contributed by atoms with E-state index in [2.05, 4.69) is 64.1 Å². The minimum atomic E-state index is -0.400. The smallest absolute Gasteiger partial charge is 0.338 e. The number of ether oxygens (including phenoxy) is 1. The number of nitrogens with one attached hydrogen (secondary N) is 1. The summed E-state index contributed by atoms with van der Waals surface area (Å²) in [6.07, 6.45) is 2.45. The third-order valence-electron chi connectivity index (χ3n) is 8.42. The number of esters is 1. The van der Waals surface area contributed by atoms with E-state index < -0.39 is 5.97 Å². The minimum absolute atomic E-state index is 0.0279. The van der Waals surface area contributed by atoms with Crippen molar-refractivity contribution in [1.29, 1.82) is 0 Å². The number of aryl methyl sites for hydroxylation is 1. The first-order valence-electron chi connectivity index (χ1n) is 13.0. The summed E-state index contributed by atoms with van der Waals surface area (Å²) in [6, 6.07) is 15.4. The summed E-state index contributed by atoms with van der Waals surface area (Å²) in [5.41, 5.74) is 2.33. The lowest BCUT2D eigenvalue weighted by molar-refractivity contribution is -0.327. The van der Waals surface area contributed by atoms with Crippen LogP contribution in [0.3, 0.4) is 0 Å². The summed E-state index contributed by atoms with van der Waals surface area (Å²) >= 11 is 0.